The van der Waals surface area contributed by atoms with Gasteiger partial charge >= 0.3 is 17.9 Å². The van der Waals surface area contributed by atoms with Crippen molar-refractivity contribution in [2.75, 3.05) is 33.5 Å². The first kappa shape index (κ1) is 33.2. The average Bonchev–Trinajstić information content (AvgIpc) is 3.01. The van der Waals surface area contributed by atoms with Crippen LogP contribution in [0, 0.1) is 0 Å². The summed E-state index contributed by atoms with van der Waals surface area (Å²) in [6.45, 7) is 15.8. The van der Waals surface area contributed by atoms with E-state index in [1.165, 1.54) is 0 Å². The number of rotatable bonds is 15. The Hall–Kier alpha value is -5.31. The summed E-state index contributed by atoms with van der Waals surface area (Å²) in [5.41, 5.74) is 4.22. The minimum absolute atomic E-state index is 0.0312. The molecular weight excluding hydrogens is 564 g/mol. The highest BCUT2D eigenvalue weighted by Crippen LogP contribution is 2.37. The van der Waals surface area contributed by atoms with Crippen molar-refractivity contribution in [2.24, 2.45) is 0 Å². The van der Waals surface area contributed by atoms with E-state index < -0.39 is 17.9 Å². The standard InChI is InChI=1S/C35H36O9/c1-22(2)33(36)42-18-16-40-27-12-14-30(32(20-27)41-17-19-43-34(37)23(3)4)26-10-8-25(9-11-26)29-15-13-28(21-31(29)39-7)44-35(38)24(5)6/h8-15,20-21H,1,3,5,16-19H2,2,4,6-7H3. The molecule has 9 nitrogen and oxygen atoms in total. The molecule has 3 rings (SSSR count). The molecule has 0 aromatic heterocycles. The third kappa shape index (κ3) is 9.35. The number of hydrogen-bond acceptors (Lipinski definition) is 9. The van der Waals surface area contributed by atoms with Crippen molar-refractivity contribution in [1.29, 1.82) is 0 Å². The number of methoxy groups -OCH3 is 1. The lowest BCUT2D eigenvalue weighted by Crippen LogP contribution is -2.13. The molecule has 44 heavy (non-hydrogen) atoms. The number of benzene rings is 3. The maximum atomic E-state index is 11.9. The van der Waals surface area contributed by atoms with Crippen molar-refractivity contribution in [3.63, 3.8) is 0 Å². The molecule has 3 aromatic carbocycles. The van der Waals surface area contributed by atoms with Crippen molar-refractivity contribution < 1.29 is 42.8 Å². The van der Waals surface area contributed by atoms with Gasteiger partial charge in [-0.05, 0) is 56.2 Å². The van der Waals surface area contributed by atoms with E-state index in [2.05, 4.69) is 19.7 Å². The molecule has 230 valence electrons. The number of hydrogen-bond donors (Lipinski definition) is 0. The molecule has 0 spiro atoms. The number of ether oxygens (including phenoxy) is 6. The van der Waals surface area contributed by atoms with E-state index in [4.69, 9.17) is 28.4 Å². The average molecular weight is 601 g/mol. The largest absolute Gasteiger partial charge is 0.496 e. The van der Waals surface area contributed by atoms with Crippen molar-refractivity contribution in [2.45, 2.75) is 20.8 Å². The zero-order chi connectivity index (χ0) is 32.2. The van der Waals surface area contributed by atoms with Gasteiger partial charge in [-0.25, -0.2) is 14.4 Å². The summed E-state index contributed by atoms with van der Waals surface area (Å²) in [5.74, 6) is 0.392. The molecule has 0 aliphatic rings. The monoisotopic (exact) mass is 600 g/mol. The Morgan fingerprint density at radius 3 is 1.52 bits per heavy atom. The van der Waals surface area contributed by atoms with Gasteiger partial charge < -0.3 is 28.4 Å². The van der Waals surface area contributed by atoms with E-state index in [0.29, 0.717) is 39.7 Å². The lowest BCUT2D eigenvalue weighted by atomic mass is 9.99. The predicted molar refractivity (Wildman–Crippen MR) is 167 cm³/mol. The maximum absolute atomic E-state index is 11.9. The van der Waals surface area contributed by atoms with Gasteiger partial charge in [-0.2, -0.15) is 0 Å². The van der Waals surface area contributed by atoms with Crippen LogP contribution >= 0.6 is 0 Å². The number of carbonyl (C=O) groups is 3. The van der Waals surface area contributed by atoms with Gasteiger partial charge in [0.05, 0.1) is 7.11 Å². The van der Waals surface area contributed by atoms with Gasteiger partial charge in [0.1, 0.15) is 49.4 Å². The van der Waals surface area contributed by atoms with Crippen molar-refractivity contribution in [3.8, 4) is 45.3 Å². The second kappa shape index (κ2) is 15.8. The Kier molecular flexibility index (Phi) is 11.9. The van der Waals surface area contributed by atoms with Crippen LogP contribution in [-0.2, 0) is 23.9 Å². The molecule has 0 aliphatic heterocycles. The van der Waals surface area contributed by atoms with Crippen LogP contribution < -0.4 is 18.9 Å². The zero-order valence-electron chi connectivity index (χ0n) is 25.4. The Labute approximate surface area is 257 Å². The Balaban J connectivity index is 1.81. The van der Waals surface area contributed by atoms with Gasteiger partial charge in [0.15, 0.2) is 0 Å². The molecule has 0 aliphatic carbocycles. The van der Waals surface area contributed by atoms with Gasteiger partial charge in [-0.15, -0.1) is 0 Å². The first-order valence-electron chi connectivity index (χ1n) is 13.7. The van der Waals surface area contributed by atoms with E-state index in [1.807, 2.05) is 36.4 Å². The summed E-state index contributed by atoms with van der Waals surface area (Å²) in [7, 11) is 1.54. The fraction of sp³-hybridized carbons (Fsp3) is 0.229. The van der Waals surface area contributed by atoms with Crippen LogP contribution in [0.25, 0.3) is 22.3 Å². The van der Waals surface area contributed by atoms with Gasteiger partial charge in [-0.3, -0.25) is 0 Å². The predicted octanol–water partition coefficient (Wildman–Crippen LogP) is 6.51. The molecule has 9 heteroatoms. The normalized spacial score (nSPS) is 10.3. The third-order valence-corrected chi connectivity index (χ3v) is 6.05. The molecule has 0 atom stereocenters. The summed E-state index contributed by atoms with van der Waals surface area (Å²) in [6.07, 6.45) is 0. The molecule has 3 aromatic rings. The second-order valence-corrected chi connectivity index (χ2v) is 9.80. The topological polar surface area (TPSA) is 107 Å². The van der Waals surface area contributed by atoms with Gasteiger partial charge in [0.2, 0.25) is 0 Å². The smallest absolute Gasteiger partial charge is 0.338 e. The SMILES string of the molecule is C=C(C)C(=O)OCCOc1ccc(-c2ccc(-c3ccc(OC(=O)C(=C)C)cc3OC)cc2)c(OCCOC(=O)C(=C)C)c1. The number of carbonyl (C=O) groups excluding carboxylic acids is 3. The molecule has 0 unspecified atom stereocenters. The Morgan fingerprint density at radius 1 is 0.568 bits per heavy atom. The van der Waals surface area contributed by atoms with Crippen LogP contribution in [0.15, 0.2) is 97.1 Å². The summed E-state index contributed by atoms with van der Waals surface area (Å²) in [4.78, 5) is 35.3. The highest BCUT2D eigenvalue weighted by atomic mass is 16.6. The first-order chi connectivity index (χ1) is 21.0. The quantitative estimate of drug-likeness (QED) is 0.0835. The summed E-state index contributed by atoms with van der Waals surface area (Å²) < 4.78 is 32.9. The molecule has 0 N–H and O–H groups in total. The Bertz CT molecular complexity index is 1550. The van der Waals surface area contributed by atoms with Gasteiger partial charge in [-0.1, -0.05) is 44.0 Å². The molecule has 0 saturated heterocycles. The van der Waals surface area contributed by atoms with Crippen LogP contribution in [0.1, 0.15) is 20.8 Å². The van der Waals surface area contributed by atoms with Crippen LogP contribution in [0.2, 0.25) is 0 Å². The summed E-state index contributed by atoms with van der Waals surface area (Å²) in [6, 6.07) is 18.3. The van der Waals surface area contributed by atoms with Crippen LogP contribution in [0.4, 0.5) is 0 Å². The maximum Gasteiger partial charge on any atom is 0.338 e. The minimum Gasteiger partial charge on any atom is -0.496 e. The molecule has 0 heterocycles. The molecule has 0 amide bonds. The van der Waals surface area contributed by atoms with E-state index >= 15 is 0 Å². The van der Waals surface area contributed by atoms with E-state index in [1.54, 1.807) is 52.1 Å². The molecular formula is C35H36O9. The second-order valence-electron chi connectivity index (χ2n) is 9.80. The fourth-order valence-corrected chi connectivity index (χ4v) is 3.77. The highest BCUT2D eigenvalue weighted by Gasteiger charge is 2.14. The fourth-order valence-electron chi connectivity index (χ4n) is 3.77. The van der Waals surface area contributed by atoms with Crippen LogP contribution in [0.3, 0.4) is 0 Å². The lowest BCUT2D eigenvalue weighted by Gasteiger charge is -2.15. The molecule has 0 saturated carbocycles. The third-order valence-electron chi connectivity index (χ3n) is 6.05. The lowest BCUT2D eigenvalue weighted by molar-refractivity contribution is -0.140. The van der Waals surface area contributed by atoms with Crippen LogP contribution in [0.5, 0.6) is 23.0 Å². The highest BCUT2D eigenvalue weighted by molar-refractivity contribution is 5.89. The number of esters is 3. The minimum atomic E-state index is -0.515. The van der Waals surface area contributed by atoms with Crippen LogP contribution in [-0.4, -0.2) is 51.4 Å². The molecule has 0 radical (unpaired) electrons. The molecule has 0 bridgehead atoms. The summed E-state index contributed by atoms with van der Waals surface area (Å²) in [5, 5.41) is 0. The van der Waals surface area contributed by atoms with E-state index in [0.717, 1.165) is 22.3 Å². The first-order valence-corrected chi connectivity index (χ1v) is 13.7. The van der Waals surface area contributed by atoms with Crippen molar-refractivity contribution in [3.05, 3.63) is 97.1 Å². The van der Waals surface area contributed by atoms with Crippen molar-refractivity contribution >= 4 is 17.9 Å². The zero-order valence-corrected chi connectivity index (χ0v) is 25.4. The summed E-state index contributed by atoms with van der Waals surface area (Å²) >= 11 is 0. The van der Waals surface area contributed by atoms with E-state index in [9.17, 15) is 14.4 Å². The Morgan fingerprint density at radius 2 is 1.02 bits per heavy atom. The van der Waals surface area contributed by atoms with Crippen molar-refractivity contribution in [1.82, 2.24) is 0 Å². The van der Waals surface area contributed by atoms with Gasteiger partial charge in [0.25, 0.3) is 0 Å². The van der Waals surface area contributed by atoms with E-state index in [-0.39, 0.29) is 26.4 Å². The van der Waals surface area contributed by atoms with Gasteiger partial charge in [0, 0.05) is 40.0 Å². The molecule has 0 fully saturated rings.